The molecule has 0 aliphatic rings. The van der Waals surface area contributed by atoms with Gasteiger partial charge in [-0.2, -0.15) is 0 Å². The van der Waals surface area contributed by atoms with Crippen LogP contribution in [0.1, 0.15) is 12.7 Å². The van der Waals surface area contributed by atoms with E-state index in [0.717, 1.165) is 12.4 Å². The number of aliphatic hydroxyl groups excluding tert-OH is 1. The molecule has 0 radical (unpaired) electrons. The summed E-state index contributed by atoms with van der Waals surface area (Å²) in [6.07, 6.45) is 0. The third-order valence-corrected chi connectivity index (χ3v) is 1.82. The number of nitrogens with zero attached hydrogens (tertiary/aromatic N) is 2. The Bertz CT molecular complexity index is 295. The molecule has 1 heterocycles. The Kier molecular flexibility index (Phi) is 5.52. The fourth-order valence-electron chi connectivity index (χ4n) is 1.24. The summed E-state index contributed by atoms with van der Waals surface area (Å²) in [6.45, 7) is 3.70. The first kappa shape index (κ1) is 12.7. The molecular formula is C10H18N4O2. The number of methoxy groups -OCH3 is 1. The molecule has 0 bridgehead atoms. The van der Waals surface area contributed by atoms with Gasteiger partial charge in [-0.05, 0) is 6.92 Å². The molecule has 1 aromatic heterocycles. The summed E-state index contributed by atoms with van der Waals surface area (Å²) in [5, 5.41) is 14.8. The summed E-state index contributed by atoms with van der Waals surface area (Å²) in [6, 6.07) is 1.80. The van der Waals surface area contributed by atoms with Crippen molar-refractivity contribution in [2.24, 2.45) is 0 Å². The van der Waals surface area contributed by atoms with Gasteiger partial charge in [0, 0.05) is 26.3 Å². The summed E-state index contributed by atoms with van der Waals surface area (Å²) < 4.78 is 4.99. The van der Waals surface area contributed by atoms with Crippen molar-refractivity contribution < 1.29 is 9.84 Å². The summed E-state index contributed by atoms with van der Waals surface area (Å²) in [5.74, 6) is 2.05. The highest BCUT2D eigenvalue weighted by atomic mass is 16.5. The van der Waals surface area contributed by atoms with Crippen LogP contribution in [0.5, 0.6) is 0 Å². The van der Waals surface area contributed by atoms with Crippen LogP contribution in [0.4, 0.5) is 11.6 Å². The molecule has 6 heteroatoms. The van der Waals surface area contributed by atoms with E-state index in [1.54, 1.807) is 13.2 Å². The second-order valence-corrected chi connectivity index (χ2v) is 3.17. The van der Waals surface area contributed by atoms with Gasteiger partial charge in [0.05, 0.1) is 6.61 Å². The molecule has 1 aromatic rings. The van der Waals surface area contributed by atoms with Gasteiger partial charge in [0.25, 0.3) is 0 Å². The number of ether oxygens (including phenoxy) is 1. The average Bonchev–Trinajstić information content (AvgIpc) is 2.27. The van der Waals surface area contributed by atoms with Gasteiger partial charge in [-0.15, -0.1) is 0 Å². The summed E-state index contributed by atoms with van der Waals surface area (Å²) in [4.78, 5) is 8.52. The number of aliphatic hydroxyl groups is 1. The van der Waals surface area contributed by atoms with Crippen LogP contribution in [-0.4, -0.2) is 41.9 Å². The van der Waals surface area contributed by atoms with Crippen molar-refractivity contribution in [1.82, 2.24) is 9.97 Å². The van der Waals surface area contributed by atoms with Gasteiger partial charge >= 0.3 is 0 Å². The van der Waals surface area contributed by atoms with Gasteiger partial charge in [0.2, 0.25) is 0 Å². The number of anilines is 2. The zero-order chi connectivity index (χ0) is 11.8. The molecule has 0 aliphatic heterocycles. The molecule has 3 N–H and O–H groups in total. The molecule has 0 atom stereocenters. The van der Waals surface area contributed by atoms with E-state index in [1.165, 1.54) is 0 Å². The van der Waals surface area contributed by atoms with E-state index >= 15 is 0 Å². The number of hydrogen-bond donors (Lipinski definition) is 3. The van der Waals surface area contributed by atoms with E-state index in [-0.39, 0.29) is 6.61 Å². The van der Waals surface area contributed by atoms with Crippen LogP contribution in [0.2, 0.25) is 0 Å². The van der Waals surface area contributed by atoms with Gasteiger partial charge in [-0.3, -0.25) is 0 Å². The van der Waals surface area contributed by atoms with Crippen molar-refractivity contribution in [3.05, 3.63) is 11.9 Å². The standard InChI is InChI=1S/C10H18N4O2/c1-3-11-8-6-9(12-4-5-15)14-10(13-8)7-16-2/h6,15H,3-5,7H2,1-2H3,(H2,11,12,13,14). The third kappa shape index (κ3) is 4.00. The second-order valence-electron chi connectivity index (χ2n) is 3.17. The third-order valence-electron chi connectivity index (χ3n) is 1.82. The molecule has 90 valence electrons. The summed E-state index contributed by atoms with van der Waals surface area (Å²) >= 11 is 0. The molecule has 0 saturated carbocycles. The lowest BCUT2D eigenvalue weighted by Gasteiger charge is -2.09. The van der Waals surface area contributed by atoms with E-state index in [0.29, 0.717) is 24.8 Å². The molecule has 0 aromatic carbocycles. The summed E-state index contributed by atoms with van der Waals surface area (Å²) in [7, 11) is 1.60. The minimum Gasteiger partial charge on any atom is -0.395 e. The van der Waals surface area contributed by atoms with Crippen LogP contribution in [-0.2, 0) is 11.3 Å². The smallest absolute Gasteiger partial charge is 0.158 e. The highest BCUT2D eigenvalue weighted by molar-refractivity contribution is 5.47. The normalized spacial score (nSPS) is 10.2. The first-order valence-corrected chi connectivity index (χ1v) is 5.25. The minimum absolute atomic E-state index is 0.0696. The van der Waals surface area contributed by atoms with Crippen molar-refractivity contribution in [1.29, 1.82) is 0 Å². The monoisotopic (exact) mass is 226 g/mol. The van der Waals surface area contributed by atoms with Crippen LogP contribution in [0.3, 0.4) is 0 Å². The molecule has 0 fully saturated rings. The van der Waals surface area contributed by atoms with Gasteiger partial charge in [0.15, 0.2) is 5.82 Å². The topological polar surface area (TPSA) is 79.3 Å². The average molecular weight is 226 g/mol. The van der Waals surface area contributed by atoms with E-state index in [2.05, 4.69) is 20.6 Å². The Balaban J connectivity index is 2.80. The first-order chi connectivity index (χ1) is 7.80. The molecular weight excluding hydrogens is 208 g/mol. The molecule has 0 unspecified atom stereocenters. The lowest BCUT2D eigenvalue weighted by atomic mass is 10.4. The number of aromatic nitrogens is 2. The van der Waals surface area contributed by atoms with E-state index < -0.39 is 0 Å². The lowest BCUT2D eigenvalue weighted by Crippen LogP contribution is -2.11. The highest BCUT2D eigenvalue weighted by Crippen LogP contribution is 2.11. The zero-order valence-corrected chi connectivity index (χ0v) is 9.66. The summed E-state index contributed by atoms with van der Waals surface area (Å²) in [5.41, 5.74) is 0. The lowest BCUT2D eigenvalue weighted by molar-refractivity contribution is 0.178. The minimum atomic E-state index is 0.0696. The molecule has 1 rings (SSSR count). The Morgan fingerprint density at radius 1 is 1.31 bits per heavy atom. The largest absolute Gasteiger partial charge is 0.395 e. The molecule has 6 nitrogen and oxygen atoms in total. The van der Waals surface area contributed by atoms with Crippen LogP contribution in [0.25, 0.3) is 0 Å². The van der Waals surface area contributed by atoms with Gasteiger partial charge in [-0.1, -0.05) is 0 Å². The maximum atomic E-state index is 8.73. The van der Waals surface area contributed by atoms with Gasteiger partial charge < -0.3 is 20.5 Å². The van der Waals surface area contributed by atoms with Crippen LogP contribution < -0.4 is 10.6 Å². The Labute approximate surface area is 95.1 Å². The van der Waals surface area contributed by atoms with Crippen molar-refractivity contribution in [3.8, 4) is 0 Å². The maximum absolute atomic E-state index is 8.73. The quantitative estimate of drug-likeness (QED) is 0.627. The van der Waals surface area contributed by atoms with Crippen LogP contribution in [0, 0.1) is 0 Å². The first-order valence-electron chi connectivity index (χ1n) is 5.25. The van der Waals surface area contributed by atoms with Gasteiger partial charge in [0.1, 0.15) is 18.2 Å². The molecule has 0 spiro atoms. The van der Waals surface area contributed by atoms with E-state index in [9.17, 15) is 0 Å². The van der Waals surface area contributed by atoms with Crippen LogP contribution >= 0.6 is 0 Å². The molecule has 0 amide bonds. The number of hydrogen-bond acceptors (Lipinski definition) is 6. The van der Waals surface area contributed by atoms with Crippen LogP contribution in [0.15, 0.2) is 6.07 Å². The number of nitrogens with one attached hydrogen (secondary N) is 2. The van der Waals surface area contributed by atoms with Crippen molar-refractivity contribution in [3.63, 3.8) is 0 Å². The zero-order valence-electron chi connectivity index (χ0n) is 9.66. The molecule has 0 saturated heterocycles. The fraction of sp³-hybridized carbons (Fsp3) is 0.600. The highest BCUT2D eigenvalue weighted by Gasteiger charge is 2.03. The van der Waals surface area contributed by atoms with Crippen molar-refractivity contribution in [2.75, 3.05) is 37.4 Å². The predicted molar refractivity (Wildman–Crippen MR) is 62.5 cm³/mol. The Morgan fingerprint density at radius 2 is 2.00 bits per heavy atom. The van der Waals surface area contributed by atoms with E-state index in [4.69, 9.17) is 9.84 Å². The SMILES string of the molecule is CCNc1cc(NCCO)nc(COC)n1. The molecule has 16 heavy (non-hydrogen) atoms. The number of rotatable bonds is 7. The molecule has 0 aliphatic carbocycles. The maximum Gasteiger partial charge on any atom is 0.158 e. The fourth-order valence-corrected chi connectivity index (χ4v) is 1.24. The van der Waals surface area contributed by atoms with E-state index in [1.807, 2.05) is 6.92 Å². The second kappa shape index (κ2) is 6.97. The Morgan fingerprint density at radius 3 is 2.56 bits per heavy atom. The predicted octanol–water partition coefficient (Wildman–Crippen LogP) is 0.459. The van der Waals surface area contributed by atoms with Crippen molar-refractivity contribution >= 4 is 11.6 Å². The van der Waals surface area contributed by atoms with Crippen molar-refractivity contribution in [2.45, 2.75) is 13.5 Å². The van der Waals surface area contributed by atoms with Gasteiger partial charge in [-0.25, -0.2) is 9.97 Å². The Hall–Kier alpha value is -1.40.